The predicted molar refractivity (Wildman–Crippen MR) is 66.1 cm³/mol. The van der Waals surface area contributed by atoms with Crippen LogP contribution in [0.5, 0.6) is 0 Å². The highest BCUT2D eigenvalue weighted by atomic mass is 32.2. The summed E-state index contributed by atoms with van der Waals surface area (Å²) < 4.78 is 23.7. The van der Waals surface area contributed by atoms with Gasteiger partial charge >= 0.3 is 0 Å². The van der Waals surface area contributed by atoms with E-state index >= 15 is 0 Å². The molecule has 0 heterocycles. The van der Waals surface area contributed by atoms with E-state index in [4.69, 9.17) is 5.73 Å². The van der Waals surface area contributed by atoms with Gasteiger partial charge in [-0.25, -0.2) is 8.42 Å². The van der Waals surface area contributed by atoms with Crippen LogP contribution in [0.15, 0.2) is 29.2 Å². The summed E-state index contributed by atoms with van der Waals surface area (Å²) in [5.74, 6) is 0. The Morgan fingerprint density at radius 1 is 1.19 bits per heavy atom. The molecule has 1 atom stereocenters. The summed E-state index contributed by atoms with van der Waals surface area (Å²) in [6.07, 6.45) is 0. The zero-order valence-corrected chi connectivity index (χ0v) is 11.0. The SMILES string of the molecule is Cc1ccc(S(=O)(=O)C(C)(C)C(C)N)cc1. The fourth-order valence-corrected chi connectivity index (χ4v) is 2.86. The number of rotatable bonds is 3. The quantitative estimate of drug-likeness (QED) is 0.879. The Labute approximate surface area is 97.6 Å². The molecule has 0 aliphatic carbocycles. The van der Waals surface area contributed by atoms with Gasteiger partial charge in [0.1, 0.15) is 0 Å². The summed E-state index contributed by atoms with van der Waals surface area (Å²) in [6, 6.07) is 6.44. The Kier molecular flexibility index (Phi) is 3.45. The van der Waals surface area contributed by atoms with Gasteiger partial charge in [-0.1, -0.05) is 17.7 Å². The van der Waals surface area contributed by atoms with Crippen molar-refractivity contribution in [1.82, 2.24) is 0 Å². The van der Waals surface area contributed by atoms with Crippen LogP contribution in [0.1, 0.15) is 26.3 Å². The van der Waals surface area contributed by atoms with Crippen LogP contribution >= 0.6 is 0 Å². The first kappa shape index (κ1) is 13.2. The first-order chi connectivity index (χ1) is 7.19. The van der Waals surface area contributed by atoms with Gasteiger partial charge in [0.2, 0.25) is 0 Å². The van der Waals surface area contributed by atoms with Gasteiger partial charge in [-0.15, -0.1) is 0 Å². The third-order valence-electron chi connectivity index (χ3n) is 3.12. The third kappa shape index (κ3) is 2.13. The lowest BCUT2D eigenvalue weighted by Gasteiger charge is -2.28. The molecule has 0 aliphatic rings. The van der Waals surface area contributed by atoms with Crippen molar-refractivity contribution in [2.45, 2.75) is 43.4 Å². The molecular formula is C12H19NO2S. The number of benzene rings is 1. The summed E-state index contributed by atoms with van der Waals surface area (Å²) in [6.45, 7) is 6.96. The fraction of sp³-hybridized carbons (Fsp3) is 0.500. The van der Waals surface area contributed by atoms with E-state index in [1.165, 1.54) is 0 Å². The van der Waals surface area contributed by atoms with Crippen molar-refractivity contribution in [2.75, 3.05) is 0 Å². The maximum absolute atomic E-state index is 12.3. The summed E-state index contributed by atoms with van der Waals surface area (Å²) in [4.78, 5) is 0.334. The van der Waals surface area contributed by atoms with Crippen molar-refractivity contribution in [3.63, 3.8) is 0 Å². The highest BCUT2D eigenvalue weighted by Crippen LogP contribution is 2.27. The minimum atomic E-state index is -3.38. The average molecular weight is 241 g/mol. The molecule has 90 valence electrons. The van der Waals surface area contributed by atoms with E-state index in [-0.39, 0.29) is 0 Å². The van der Waals surface area contributed by atoms with Crippen LogP contribution in [0.4, 0.5) is 0 Å². The van der Waals surface area contributed by atoms with Gasteiger partial charge in [0, 0.05) is 6.04 Å². The highest BCUT2D eigenvalue weighted by molar-refractivity contribution is 7.92. The zero-order chi connectivity index (χ0) is 12.6. The molecule has 1 rings (SSSR count). The predicted octanol–water partition coefficient (Wildman–Crippen LogP) is 1.89. The van der Waals surface area contributed by atoms with E-state index in [0.29, 0.717) is 4.90 Å². The molecule has 0 bridgehead atoms. The lowest BCUT2D eigenvalue weighted by molar-refractivity contribution is 0.501. The molecule has 1 aromatic rings. The molecule has 0 spiro atoms. The fourth-order valence-electron chi connectivity index (χ4n) is 1.27. The molecule has 2 N–H and O–H groups in total. The van der Waals surface area contributed by atoms with Crippen LogP contribution in [-0.4, -0.2) is 19.2 Å². The summed E-state index contributed by atoms with van der Waals surface area (Å²) in [5, 5.41) is 0. The largest absolute Gasteiger partial charge is 0.327 e. The Morgan fingerprint density at radius 2 is 1.62 bits per heavy atom. The van der Waals surface area contributed by atoms with Gasteiger partial charge in [0.15, 0.2) is 9.84 Å². The highest BCUT2D eigenvalue weighted by Gasteiger charge is 2.38. The Morgan fingerprint density at radius 3 is 2.00 bits per heavy atom. The normalized spacial score (nSPS) is 14.8. The Bertz CT molecular complexity index is 458. The molecule has 0 radical (unpaired) electrons. The molecule has 0 aromatic heterocycles. The zero-order valence-electron chi connectivity index (χ0n) is 10.2. The van der Waals surface area contributed by atoms with E-state index in [0.717, 1.165) is 5.56 Å². The van der Waals surface area contributed by atoms with Gasteiger partial charge in [-0.2, -0.15) is 0 Å². The average Bonchev–Trinajstić information content (AvgIpc) is 2.17. The smallest absolute Gasteiger partial charge is 0.185 e. The maximum Gasteiger partial charge on any atom is 0.185 e. The van der Waals surface area contributed by atoms with Gasteiger partial charge in [0.25, 0.3) is 0 Å². The van der Waals surface area contributed by atoms with Crippen LogP contribution in [-0.2, 0) is 9.84 Å². The van der Waals surface area contributed by atoms with Crippen LogP contribution in [0.2, 0.25) is 0 Å². The number of sulfone groups is 1. The number of hydrogen-bond acceptors (Lipinski definition) is 3. The monoisotopic (exact) mass is 241 g/mol. The molecule has 4 heteroatoms. The van der Waals surface area contributed by atoms with Crippen molar-refractivity contribution in [3.8, 4) is 0 Å². The number of aryl methyl sites for hydroxylation is 1. The van der Waals surface area contributed by atoms with Gasteiger partial charge in [-0.05, 0) is 39.8 Å². The molecule has 1 unspecified atom stereocenters. The van der Waals surface area contributed by atoms with Gasteiger partial charge in [-0.3, -0.25) is 0 Å². The lowest BCUT2D eigenvalue weighted by atomic mass is 10.1. The van der Waals surface area contributed by atoms with Crippen molar-refractivity contribution in [1.29, 1.82) is 0 Å². The Balaban J connectivity index is 3.27. The van der Waals surface area contributed by atoms with E-state index in [9.17, 15) is 8.42 Å². The van der Waals surface area contributed by atoms with E-state index < -0.39 is 20.6 Å². The minimum absolute atomic E-state index is 0.334. The van der Waals surface area contributed by atoms with Crippen molar-refractivity contribution in [2.24, 2.45) is 5.73 Å². The summed E-state index contributed by atoms with van der Waals surface area (Å²) in [5.41, 5.74) is 6.78. The second-order valence-corrected chi connectivity index (χ2v) is 7.24. The van der Waals surface area contributed by atoms with Crippen molar-refractivity contribution in [3.05, 3.63) is 29.8 Å². The van der Waals surface area contributed by atoms with E-state index in [1.54, 1.807) is 45.0 Å². The lowest BCUT2D eigenvalue weighted by Crippen LogP contribution is -2.47. The van der Waals surface area contributed by atoms with E-state index in [1.807, 2.05) is 6.92 Å². The van der Waals surface area contributed by atoms with Crippen molar-refractivity contribution < 1.29 is 8.42 Å². The summed E-state index contributed by atoms with van der Waals surface area (Å²) in [7, 11) is -3.38. The molecule has 0 saturated heterocycles. The molecule has 16 heavy (non-hydrogen) atoms. The molecule has 3 nitrogen and oxygen atoms in total. The second kappa shape index (κ2) is 4.18. The summed E-state index contributed by atoms with van der Waals surface area (Å²) >= 11 is 0. The molecule has 1 aromatic carbocycles. The first-order valence-electron chi connectivity index (χ1n) is 5.26. The van der Waals surface area contributed by atoms with Crippen LogP contribution < -0.4 is 5.73 Å². The number of nitrogens with two attached hydrogens (primary N) is 1. The second-order valence-electron chi connectivity index (χ2n) is 4.71. The first-order valence-corrected chi connectivity index (χ1v) is 6.75. The number of hydrogen-bond donors (Lipinski definition) is 1. The molecule has 0 amide bonds. The third-order valence-corrected chi connectivity index (χ3v) is 5.77. The Hall–Kier alpha value is -0.870. The molecule has 0 saturated carbocycles. The van der Waals surface area contributed by atoms with Gasteiger partial charge < -0.3 is 5.73 Å². The van der Waals surface area contributed by atoms with Crippen LogP contribution in [0.25, 0.3) is 0 Å². The van der Waals surface area contributed by atoms with Crippen LogP contribution in [0, 0.1) is 6.92 Å². The van der Waals surface area contributed by atoms with E-state index in [2.05, 4.69) is 0 Å². The van der Waals surface area contributed by atoms with Gasteiger partial charge in [0.05, 0.1) is 9.64 Å². The minimum Gasteiger partial charge on any atom is -0.327 e. The molecular weight excluding hydrogens is 222 g/mol. The standard InChI is InChI=1S/C12H19NO2S/c1-9-5-7-11(8-6-9)16(14,15)12(3,4)10(2)13/h5-8,10H,13H2,1-4H3. The van der Waals surface area contributed by atoms with Crippen LogP contribution in [0.3, 0.4) is 0 Å². The molecule has 0 aliphatic heterocycles. The van der Waals surface area contributed by atoms with Crippen molar-refractivity contribution >= 4 is 9.84 Å². The maximum atomic E-state index is 12.3. The molecule has 0 fully saturated rings. The topological polar surface area (TPSA) is 60.2 Å².